The van der Waals surface area contributed by atoms with Crippen LogP contribution in [0.3, 0.4) is 0 Å². The van der Waals surface area contributed by atoms with E-state index in [2.05, 4.69) is 26.1 Å². The second-order valence-electron chi connectivity index (χ2n) is 3.81. The van der Waals surface area contributed by atoms with Crippen LogP contribution >= 0.6 is 0 Å². The summed E-state index contributed by atoms with van der Waals surface area (Å²) in [6, 6.07) is 0. The molecule has 0 aliphatic rings. The van der Waals surface area contributed by atoms with Gasteiger partial charge in [0.05, 0.1) is 21.3 Å². The van der Waals surface area contributed by atoms with Crippen LogP contribution in [0.25, 0.3) is 0 Å². The Morgan fingerprint density at radius 3 is 2.00 bits per heavy atom. The molecule has 0 atom stereocenters. The van der Waals surface area contributed by atoms with E-state index in [0.29, 0.717) is 0 Å². The molecule has 0 fully saturated rings. The fourth-order valence-electron chi connectivity index (χ4n) is 1.49. The van der Waals surface area contributed by atoms with Gasteiger partial charge in [-0.05, 0) is 13.3 Å². The fraction of sp³-hybridized carbons (Fsp3) is 0.500. The highest BCUT2D eigenvalue weighted by atomic mass is 16.5. The Kier molecular flexibility index (Phi) is 7.75. The van der Waals surface area contributed by atoms with Gasteiger partial charge < -0.3 is 14.2 Å². The van der Waals surface area contributed by atoms with Gasteiger partial charge in [0, 0.05) is 12.3 Å². The predicted molar refractivity (Wildman–Crippen MR) is 70.3 cm³/mol. The second-order valence-corrected chi connectivity index (χ2v) is 3.81. The summed E-state index contributed by atoms with van der Waals surface area (Å²) in [7, 11) is 3.53. The lowest BCUT2D eigenvalue weighted by molar-refractivity contribution is -0.168. The summed E-state index contributed by atoms with van der Waals surface area (Å²) in [5.41, 5.74) is -1.59. The molecule has 0 bridgehead atoms. The number of carbonyl (C=O) groups excluding carboxylic acids is 3. The van der Waals surface area contributed by atoms with E-state index in [9.17, 15) is 14.4 Å². The van der Waals surface area contributed by atoms with Gasteiger partial charge in [0.2, 0.25) is 0 Å². The molecule has 0 aliphatic carbocycles. The van der Waals surface area contributed by atoms with Gasteiger partial charge in [-0.2, -0.15) is 0 Å². The molecule has 0 spiro atoms. The van der Waals surface area contributed by atoms with E-state index in [1.807, 2.05) is 0 Å². The first kappa shape index (κ1) is 17.7. The number of rotatable bonds is 5. The van der Waals surface area contributed by atoms with Crippen molar-refractivity contribution < 1.29 is 28.6 Å². The molecule has 110 valence electrons. The smallest absolute Gasteiger partial charge is 0.384 e. The van der Waals surface area contributed by atoms with Crippen LogP contribution in [0.5, 0.6) is 0 Å². The zero-order chi connectivity index (χ0) is 15.6. The number of methoxy groups -OCH3 is 3. The molecule has 6 nitrogen and oxygen atoms in total. The minimum absolute atomic E-state index is 0.0682. The van der Waals surface area contributed by atoms with E-state index in [0.717, 1.165) is 0 Å². The Morgan fingerprint density at radius 2 is 1.60 bits per heavy atom. The quantitative estimate of drug-likeness (QED) is 0.186. The molecular weight excluding hydrogens is 264 g/mol. The van der Waals surface area contributed by atoms with Crippen LogP contribution in [0.1, 0.15) is 19.8 Å². The summed E-state index contributed by atoms with van der Waals surface area (Å²) in [5, 5.41) is 0. The zero-order valence-electron chi connectivity index (χ0n) is 12.0. The van der Waals surface area contributed by atoms with Gasteiger partial charge in [-0.25, -0.2) is 4.79 Å². The lowest BCUT2D eigenvalue weighted by Crippen LogP contribution is -2.40. The first-order valence-corrected chi connectivity index (χ1v) is 5.83. The topological polar surface area (TPSA) is 78.9 Å². The molecule has 0 aromatic heterocycles. The number of hydrogen-bond donors (Lipinski definition) is 0. The van der Waals surface area contributed by atoms with E-state index >= 15 is 0 Å². The van der Waals surface area contributed by atoms with Crippen molar-refractivity contribution in [1.82, 2.24) is 0 Å². The highest BCUT2D eigenvalue weighted by Gasteiger charge is 2.47. The van der Waals surface area contributed by atoms with Gasteiger partial charge in [-0.1, -0.05) is 18.1 Å². The molecule has 0 rings (SSSR count). The Bertz CT molecular complexity index is 436. The average molecular weight is 282 g/mol. The van der Waals surface area contributed by atoms with Gasteiger partial charge in [0.25, 0.3) is 0 Å². The number of allylic oxidation sites excluding steroid dienone is 2. The van der Waals surface area contributed by atoms with E-state index < -0.39 is 23.3 Å². The molecule has 0 saturated carbocycles. The number of esters is 3. The fourth-order valence-corrected chi connectivity index (χ4v) is 1.49. The molecule has 0 N–H and O–H groups in total. The minimum atomic E-state index is -1.59. The van der Waals surface area contributed by atoms with Crippen molar-refractivity contribution in [2.45, 2.75) is 19.8 Å². The lowest BCUT2D eigenvalue weighted by Gasteiger charge is -2.24. The summed E-state index contributed by atoms with van der Waals surface area (Å²) < 4.78 is 13.7. The monoisotopic (exact) mass is 282 g/mol. The third-order valence-corrected chi connectivity index (χ3v) is 2.62. The molecule has 0 aliphatic heterocycles. The standard InChI is InChI=1S/C14H18O6/c1-5-6-9-14(12(16)19-3,13(17)20-4)10-7-8-11(15)18-2/h5-6H,9-10H2,1-4H3/b6-5+. The summed E-state index contributed by atoms with van der Waals surface area (Å²) in [6.07, 6.45) is 3.19. The number of hydrogen-bond acceptors (Lipinski definition) is 6. The first-order chi connectivity index (χ1) is 9.48. The molecule has 0 aromatic rings. The maximum atomic E-state index is 11.9. The Balaban J connectivity index is 5.47. The highest BCUT2D eigenvalue weighted by molar-refractivity contribution is 6.00. The van der Waals surface area contributed by atoms with Crippen molar-refractivity contribution in [3.63, 3.8) is 0 Å². The molecule has 0 unspecified atom stereocenters. The van der Waals surface area contributed by atoms with Gasteiger partial charge in [-0.15, -0.1) is 0 Å². The Labute approximate surface area is 118 Å². The third-order valence-electron chi connectivity index (χ3n) is 2.62. The van der Waals surface area contributed by atoms with E-state index in [1.54, 1.807) is 19.1 Å². The van der Waals surface area contributed by atoms with Gasteiger partial charge in [-0.3, -0.25) is 9.59 Å². The Hall–Kier alpha value is -2.29. The van der Waals surface area contributed by atoms with Crippen LogP contribution in [0.4, 0.5) is 0 Å². The van der Waals surface area contributed by atoms with Crippen molar-refractivity contribution in [3.05, 3.63) is 12.2 Å². The number of carbonyl (C=O) groups is 3. The van der Waals surface area contributed by atoms with Crippen molar-refractivity contribution in [2.24, 2.45) is 5.41 Å². The largest absolute Gasteiger partial charge is 0.468 e. The maximum absolute atomic E-state index is 11.9. The van der Waals surface area contributed by atoms with Crippen LogP contribution in [0.2, 0.25) is 0 Å². The highest BCUT2D eigenvalue weighted by Crippen LogP contribution is 2.30. The van der Waals surface area contributed by atoms with Gasteiger partial charge in [0.15, 0.2) is 5.41 Å². The van der Waals surface area contributed by atoms with Crippen LogP contribution in [0, 0.1) is 17.3 Å². The average Bonchev–Trinajstić information content (AvgIpc) is 2.48. The number of ether oxygens (including phenoxy) is 3. The van der Waals surface area contributed by atoms with Crippen molar-refractivity contribution >= 4 is 17.9 Å². The van der Waals surface area contributed by atoms with Gasteiger partial charge in [0.1, 0.15) is 0 Å². The summed E-state index contributed by atoms with van der Waals surface area (Å²) in [6.45, 7) is 1.75. The second kappa shape index (κ2) is 8.75. The maximum Gasteiger partial charge on any atom is 0.384 e. The normalized spacial score (nSPS) is 10.4. The van der Waals surface area contributed by atoms with E-state index in [-0.39, 0.29) is 12.8 Å². The lowest BCUT2D eigenvalue weighted by atomic mass is 9.81. The van der Waals surface area contributed by atoms with Crippen LogP contribution in [-0.2, 0) is 28.6 Å². The third kappa shape index (κ3) is 4.43. The SMILES string of the molecule is C/C=C/CC(CC#CC(=O)OC)(C(=O)OC)C(=O)OC. The van der Waals surface area contributed by atoms with Crippen LogP contribution in [-0.4, -0.2) is 39.2 Å². The van der Waals surface area contributed by atoms with Crippen molar-refractivity contribution in [1.29, 1.82) is 0 Å². The molecule has 0 radical (unpaired) electrons. The van der Waals surface area contributed by atoms with Gasteiger partial charge >= 0.3 is 17.9 Å². The molecular formula is C14H18O6. The van der Waals surface area contributed by atoms with E-state index in [4.69, 9.17) is 0 Å². The minimum Gasteiger partial charge on any atom is -0.468 e. The molecule has 0 saturated heterocycles. The molecule has 0 heterocycles. The Morgan fingerprint density at radius 1 is 1.05 bits per heavy atom. The molecule has 6 heteroatoms. The predicted octanol–water partition coefficient (Wildman–Crippen LogP) is 0.851. The summed E-state index contributed by atoms with van der Waals surface area (Å²) >= 11 is 0. The molecule has 0 aromatic carbocycles. The van der Waals surface area contributed by atoms with Crippen molar-refractivity contribution in [2.75, 3.05) is 21.3 Å². The van der Waals surface area contributed by atoms with Crippen LogP contribution in [0.15, 0.2) is 12.2 Å². The van der Waals surface area contributed by atoms with E-state index in [1.165, 1.54) is 21.3 Å². The summed E-state index contributed by atoms with van der Waals surface area (Å²) in [4.78, 5) is 34.8. The first-order valence-electron chi connectivity index (χ1n) is 5.83. The van der Waals surface area contributed by atoms with Crippen LogP contribution < -0.4 is 0 Å². The summed E-state index contributed by atoms with van der Waals surface area (Å²) in [5.74, 6) is 2.35. The molecule has 0 amide bonds. The molecule has 20 heavy (non-hydrogen) atoms. The zero-order valence-corrected chi connectivity index (χ0v) is 12.0. The van der Waals surface area contributed by atoms with Crippen molar-refractivity contribution in [3.8, 4) is 11.8 Å².